The van der Waals surface area contributed by atoms with Crippen molar-refractivity contribution in [1.29, 1.82) is 0 Å². The summed E-state index contributed by atoms with van der Waals surface area (Å²) in [5, 5.41) is 4.39. The van der Waals surface area contributed by atoms with Crippen molar-refractivity contribution >= 4 is 11.6 Å². The molecule has 2 aliphatic carbocycles. The molecule has 2 aliphatic rings. The Kier molecular flexibility index (Phi) is 2.92. The Morgan fingerprint density at radius 3 is 2.59 bits per heavy atom. The number of aryl methyl sites for hydroxylation is 1. The molecule has 2 heteroatoms. The monoisotopic (exact) mass is 249 g/mol. The molecule has 0 bridgehead atoms. The van der Waals surface area contributed by atoms with Crippen molar-refractivity contribution in [2.24, 2.45) is 17.8 Å². The minimum atomic E-state index is 0.503. The average Bonchev–Trinajstić information content (AvgIpc) is 2.79. The van der Waals surface area contributed by atoms with Gasteiger partial charge in [-0.25, -0.2) is 0 Å². The summed E-state index contributed by atoms with van der Waals surface area (Å²) in [7, 11) is 2.08. The molecule has 0 radical (unpaired) electrons. The highest BCUT2D eigenvalue weighted by Crippen LogP contribution is 2.62. The Bertz CT molecular complexity index is 419. The van der Waals surface area contributed by atoms with Crippen LogP contribution in [0.5, 0.6) is 0 Å². The van der Waals surface area contributed by atoms with Gasteiger partial charge in [-0.3, -0.25) is 0 Å². The zero-order valence-electron chi connectivity index (χ0n) is 10.5. The van der Waals surface area contributed by atoms with Crippen LogP contribution in [0.2, 0.25) is 5.02 Å². The van der Waals surface area contributed by atoms with Gasteiger partial charge in [0.25, 0.3) is 0 Å². The fourth-order valence-electron chi connectivity index (χ4n) is 3.76. The summed E-state index contributed by atoms with van der Waals surface area (Å²) in [6, 6.07) is 7.02. The molecular formula is C15H20ClN. The van der Waals surface area contributed by atoms with Gasteiger partial charge in [-0.1, -0.05) is 30.2 Å². The van der Waals surface area contributed by atoms with E-state index in [1.807, 2.05) is 0 Å². The Labute approximate surface area is 109 Å². The topological polar surface area (TPSA) is 12.0 Å². The molecule has 1 aromatic rings. The molecule has 1 N–H and O–H groups in total. The van der Waals surface area contributed by atoms with Gasteiger partial charge in [0, 0.05) is 11.1 Å². The maximum absolute atomic E-state index is 6.23. The van der Waals surface area contributed by atoms with Gasteiger partial charge >= 0.3 is 0 Å². The Hall–Kier alpha value is -0.530. The third kappa shape index (κ3) is 1.90. The summed E-state index contributed by atoms with van der Waals surface area (Å²) >= 11 is 6.23. The van der Waals surface area contributed by atoms with E-state index in [4.69, 9.17) is 11.6 Å². The van der Waals surface area contributed by atoms with Crippen molar-refractivity contribution in [2.75, 3.05) is 7.05 Å². The summed E-state index contributed by atoms with van der Waals surface area (Å²) < 4.78 is 0. The predicted octanol–water partition coefficient (Wildman–Crippen LogP) is 3.96. The van der Waals surface area contributed by atoms with Crippen LogP contribution in [0.15, 0.2) is 18.2 Å². The Morgan fingerprint density at radius 1 is 1.29 bits per heavy atom. The lowest BCUT2D eigenvalue weighted by Crippen LogP contribution is -2.20. The van der Waals surface area contributed by atoms with E-state index in [9.17, 15) is 0 Å². The summed E-state index contributed by atoms with van der Waals surface area (Å²) in [5.41, 5.74) is 2.53. The summed E-state index contributed by atoms with van der Waals surface area (Å²) in [4.78, 5) is 0. The van der Waals surface area contributed by atoms with Gasteiger partial charge in [0.05, 0.1) is 0 Å². The zero-order valence-corrected chi connectivity index (χ0v) is 11.3. The molecule has 0 spiro atoms. The maximum Gasteiger partial charge on any atom is 0.0438 e. The van der Waals surface area contributed by atoms with Crippen LogP contribution in [0.4, 0.5) is 0 Å². The largest absolute Gasteiger partial charge is 0.313 e. The highest BCUT2D eigenvalue weighted by atomic mass is 35.5. The van der Waals surface area contributed by atoms with Crippen molar-refractivity contribution < 1.29 is 0 Å². The van der Waals surface area contributed by atoms with Crippen LogP contribution in [-0.4, -0.2) is 7.05 Å². The molecule has 3 rings (SSSR count). The molecule has 3 atom stereocenters. The smallest absolute Gasteiger partial charge is 0.0438 e. The number of hydrogen-bond acceptors (Lipinski definition) is 1. The first-order chi connectivity index (χ1) is 8.22. The first kappa shape index (κ1) is 11.6. The fourth-order valence-corrected chi connectivity index (χ4v) is 3.94. The molecule has 2 fully saturated rings. The molecule has 0 heterocycles. The lowest BCUT2D eigenvalue weighted by atomic mass is 9.96. The van der Waals surface area contributed by atoms with Gasteiger partial charge in [-0.2, -0.15) is 0 Å². The lowest BCUT2D eigenvalue weighted by Gasteiger charge is -2.19. The van der Waals surface area contributed by atoms with Crippen LogP contribution in [0.1, 0.15) is 36.4 Å². The lowest BCUT2D eigenvalue weighted by molar-refractivity contribution is 0.444. The molecule has 3 unspecified atom stereocenters. The van der Waals surface area contributed by atoms with Crippen LogP contribution in [-0.2, 0) is 0 Å². The van der Waals surface area contributed by atoms with Gasteiger partial charge in [-0.05, 0) is 61.8 Å². The maximum atomic E-state index is 6.23. The molecule has 1 nitrogen and oxygen atoms in total. The van der Waals surface area contributed by atoms with Crippen LogP contribution in [0.25, 0.3) is 0 Å². The molecule has 0 saturated heterocycles. The normalized spacial score (nSPS) is 32.3. The molecule has 2 saturated carbocycles. The van der Waals surface area contributed by atoms with E-state index in [0.717, 1.165) is 22.8 Å². The third-order valence-electron chi connectivity index (χ3n) is 4.72. The minimum Gasteiger partial charge on any atom is -0.313 e. The number of fused-ring (bicyclic) bond motifs is 1. The number of nitrogens with one attached hydrogen (secondary N) is 1. The minimum absolute atomic E-state index is 0.503. The Balaban J connectivity index is 1.83. The number of benzene rings is 1. The van der Waals surface area contributed by atoms with E-state index in [1.54, 1.807) is 0 Å². The van der Waals surface area contributed by atoms with Crippen LogP contribution in [0.3, 0.4) is 0 Å². The van der Waals surface area contributed by atoms with E-state index >= 15 is 0 Å². The molecule has 0 amide bonds. The van der Waals surface area contributed by atoms with Crippen molar-refractivity contribution in [3.05, 3.63) is 34.3 Å². The Morgan fingerprint density at radius 2 is 2.00 bits per heavy atom. The number of hydrogen-bond donors (Lipinski definition) is 1. The standard InChI is InChI=1S/C15H20ClN/c1-9-6-7-10(8-13(9)16)15(17-2)14-11-4-3-5-12(11)14/h6-8,11-12,14-15,17H,3-5H2,1-2H3. The van der Waals surface area contributed by atoms with Crippen molar-refractivity contribution in [1.82, 2.24) is 5.32 Å². The third-order valence-corrected chi connectivity index (χ3v) is 5.13. The quantitative estimate of drug-likeness (QED) is 0.855. The van der Waals surface area contributed by atoms with E-state index in [-0.39, 0.29) is 0 Å². The number of rotatable bonds is 3. The van der Waals surface area contributed by atoms with Crippen LogP contribution in [0, 0.1) is 24.7 Å². The molecular weight excluding hydrogens is 230 g/mol. The van der Waals surface area contributed by atoms with Gasteiger partial charge < -0.3 is 5.32 Å². The van der Waals surface area contributed by atoms with Gasteiger partial charge in [-0.15, -0.1) is 0 Å². The molecule has 0 aliphatic heterocycles. The SMILES string of the molecule is CNC(c1ccc(C)c(Cl)c1)C1C2CCCC21. The summed E-state index contributed by atoms with van der Waals surface area (Å²) in [5.74, 6) is 2.81. The highest BCUT2D eigenvalue weighted by Gasteiger charge is 2.55. The first-order valence-corrected chi connectivity index (χ1v) is 7.03. The van der Waals surface area contributed by atoms with E-state index < -0.39 is 0 Å². The average molecular weight is 250 g/mol. The summed E-state index contributed by atoms with van der Waals surface area (Å²) in [6.07, 6.45) is 4.32. The zero-order chi connectivity index (χ0) is 12.0. The van der Waals surface area contributed by atoms with Crippen LogP contribution < -0.4 is 5.32 Å². The first-order valence-electron chi connectivity index (χ1n) is 6.65. The highest BCUT2D eigenvalue weighted by molar-refractivity contribution is 6.31. The second kappa shape index (κ2) is 4.29. The molecule has 1 aromatic carbocycles. The van der Waals surface area contributed by atoms with Gasteiger partial charge in [0.15, 0.2) is 0 Å². The second-order valence-electron chi connectivity index (χ2n) is 5.61. The van der Waals surface area contributed by atoms with Crippen molar-refractivity contribution in [3.8, 4) is 0 Å². The van der Waals surface area contributed by atoms with Crippen LogP contribution >= 0.6 is 11.6 Å². The predicted molar refractivity (Wildman–Crippen MR) is 72.3 cm³/mol. The van der Waals surface area contributed by atoms with Gasteiger partial charge in [0.2, 0.25) is 0 Å². The van der Waals surface area contributed by atoms with E-state index in [2.05, 4.69) is 37.5 Å². The van der Waals surface area contributed by atoms with Crippen molar-refractivity contribution in [3.63, 3.8) is 0 Å². The molecule has 0 aromatic heterocycles. The fraction of sp³-hybridized carbons (Fsp3) is 0.600. The molecule has 92 valence electrons. The molecule has 17 heavy (non-hydrogen) atoms. The van der Waals surface area contributed by atoms with Crippen molar-refractivity contribution in [2.45, 2.75) is 32.2 Å². The second-order valence-corrected chi connectivity index (χ2v) is 6.02. The summed E-state index contributed by atoms with van der Waals surface area (Å²) in [6.45, 7) is 2.06. The number of halogens is 1. The van der Waals surface area contributed by atoms with E-state index in [0.29, 0.717) is 6.04 Å². The van der Waals surface area contributed by atoms with E-state index in [1.165, 1.54) is 30.4 Å². The van der Waals surface area contributed by atoms with Gasteiger partial charge in [0.1, 0.15) is 0 Å².